The van der Waals surface area contributed by atoms with E-state index in [4.69, 9.17) is 0 Å². The molecule has 1 amide bonds. The Morgan fingerprint density at radius 1 is 1.56 bits per heavy atom. The third kappa shape index (κ3) is 4.45. The normalized spacial score (nSPS) is 11.9. The van der Waals surface area contributed by atoms with Crippen LogP contribution in [0.1, 0.15) is 32.1 Å². The second-order valence-electron chi connectivity index (χ2n) is 3.93. The summed E-state index contributed by atoms with van der Waals surface area (Å²) in [5.74, 6) is 0.316. The van der Waals surface area contributed by atoms with Crippen LogP contribution in [0.2, 0.25) is 0 Å². The lowest BCUT2D eigenvalue weighted by Gasteiger charge is -2.03. The van der Waals surface area contributed by atoms with Gasteiger partial charge in [0.15, 0.2) is 0 Å². The van der Waals surface area contributed by atoms with Gasteiger partial charge in [-0.2, -0.15) is 5.10 Å². The SMILES string of the molecule is CC(=NNC(=O)CC(C)C)c1ccc(Br)s1. The molecule has 0 saturated carbocycles. The molecule has 16 heavy (non-hydrogen) atoms. The molecular weight excluding hydrogens is 288 g/mol. The third-order valence-corrected chi connectivity index (χ3v) is 3.60. The fourth-order valence-corrected chi connectivity index (χ4v) is 2.46. The topological polar surface area (TPSA) is 41.5 Å². The standard InChI is InChI=1S/C11H15BrN2OS/c1-7(2)6-11(15)14-13-8(3)9-4-5-10(12)16-9/h4-5,7H,6H2,1-3H3,(H,14,15). The molecule has 3 nitrogen and oxygen atoms in total. The van der Waals surface area contributed by atoms with Crippen molar-refractivity contribution in [2.75, 3.05) is 0 Å². The van der Waals surface area contributed by atoms with Crippen LogP contribution in [0.3, 0.4) is 0 Å². The van der Waals surface area contributed by atoms with Crippen LogP contribution in [0.15, 0.2) is 21.0 Å². The minimum atomic E-state index is -0.0371. The molecule has 0 aliphatic carbocycles. The number of amides is 1. The molecule has 0 bridgehead atoms. The van der Waals surface area contributed by atoms with E-state index in [-0.39, 0.29) is 5.91 Å². The fourth-order valence-electron chi connectivity index (χ4n) is 1.13. The van der Waals surface area contributed by atoms with E-state index in [1.54, 1.807) is 11.3 Å². The molecule has 0 aliphatic heterocycles. The summed E-state index contributed by atoms with van der Waals surface area (Å²) in [4.78, 5) is 12.4. The molecule has 0 spiro atoms. The van der Waals surface area contributed by atoms with Crippen LogP contribution >= 0.6 is 27.3 Å². The van der Waals surface area contributed by atoms with E-state index in [0.29, 0.717) is 12.3 Å². The predicted octanol–water partition coefficient (Wildman–Crippen LogP) is 3.40. The first-order valence-electron chi connectivity index (χ1n) is 5.08. The zero-order valence-electron chi connectivity index (χ0n) is 9.58. The molecule has 0 aromatic carbocycles. The molecule has 0 fully saturated rings. The number of nitrogens with one attached hydrogen (secondary N) is 1. The molecule has 1 N–H and O–H groups in total. The van der Waals surface area contributed by atoms with Crippen molar-refractivity contribution in [3.63, 3.8) is 0 Å². The highest BCUT2D eigenvalue weighted by molar-refractivity contribution is 9.11. The maximum absolute atomic E-state index is 11.4. The van der Waals surface area contributed by atoms with Crippen molar-refractivity contribution in [2.45, 2.75) is 27.2 Å². The first-order chi connectivity index (χ1) is 7.49. The first-order valence-corrected chi connectivity index (χ1v) is 6.69. The monoisotopic (exact) mass is 302 g/mol. The van der Waals surface area contributed by atoms with Gasteiger partial charge in [0.2, 0.25) is 5.91 Å². The molecule has 0 atom stereocenters. The van der Waals surface area contributed by atoms with Crippen molar-refractivity contribution in [3.8, 4) is 0 Å². The van der Waals surface area contributed by atoms with Gasteiger partial charge in [-0.05, 0) is 40.9 Å². The summed E-state index contributed by atoms with van der Waals surface area (Å²) in [6.45, 7) is 5.90. The van der Waals surface area contributed by atoms with Crippen LogP contribution in [-0.4, -0.2) is 11.6 Å². The highest BCUT2D eigenvalue weighted by atomic mass is 79.9. The van der Waals surface area contributed by atoms with E-state index in [1.807, 2.05) is 32.9 Å². The molecule has 0 unspecified atom stereocenters. The van der Waals surface area contributed by atoms with Crippen LogP contribution in [0, 0.1) is 5.92 Å². The van der Waals surface area contributed by atoms with E-state index in [2.05, 4.69) is 26.5 Å². The number of thiophene rings is 1. The van der Waals surface area contributed by atoms with Crippen LogP contribution in [0.25, 0.3) is 0 Å². The van der Waals surface area contributed by atoms with Gasteiger partial charge < -0.3 is 0 Å². The Morgan fingerprint density at radius 3 is 2.75 bits per heavy atom. The van der Waals surface area contributed by atoms with E-state index >= 15 is 0 Å². The first kappa shape index (κ1) is 13.4. The number of hydrogen-bond donors (Lipinski definition) is 1. The van der Waals surface area contributed by atoms with Crippen molar-refractivity contribution in [2.24, 2.45) is 11.0 Å². The molecule has 5 heteroatoms. The second-order valence-corrected chi connectivity index (χ2v) is 6.40. The van der Waals surface area contributed by atoms with Crippen molar-refractivity contribution < 1.29 is 4.79 Å². The van der Waals surface area contributed by atoms with Crippen molar-refractivity contribution in [1.29, 1.82) is 0 Å². The Kier molecular flexibility index (Phi) is 5.15. The Bertz CT molecular complexity index is 398. The highest BCUT2D eigenvalue weighted by Gasteiger charge is 2.05. The van der Waals surface area contributed by atoms with E-state index in [9.17, 15) is 4.79 Å². The molecule has 0 aliphatic rings. The summed E-state index contributed by atoms with van der Waals surface area (Å²) in [5, 5.41) is 4.07. The Morgan fingerprint density at radius 2 is 2.25 bits per heavy atom. The summed E-state index contributed by atoms with van der Waals surface area (Å²) in [7, 11) is 0. The average molecular weight is 303 g/mol. The van der Waals surface area contributed by atoms with Gasteiger partial charge in [-0.15, -0.1) is 11.3 Å². The van der Waals surface area contributed by atoms with Crippen molar-refractivity contribution >= 4 is 38.9 Å². The molecule has 0 radical (unpaired) electrons. The third-order valence-electron chi connectivity index (χ3n) is 1.87. The van der Waals surface area contributed by atoms with Gasteiger partial charge in [-0.1, -0.05) is 13.8 Å². The number of carbonyl (C=O) groups is 1. The quantitative estimate of drug-likeness (QED) is 0.672. The lowest BCUT2D eigenvalue weighted by Crippen LogP contribution is -2.20. The lowest BCUT2D eigenvalue weighted by atomic mass is 10.1. The maximum atomic E-state index is 11.4. The minimum Gasteiger partial charge on any atom is -0.273 e. The van der Waals surface area contributed by atoms with Crippen molar-refractivity contribution in [3.05, 3.63) is 20.8 Å². The molecule has 1 aromatic rings. The van der Waals surface area contributed by atoms with Gasteiger partial charge in [0.05, 0.1) is 14.4 Å². The smallest absolute Gasteiger partial charge is 0.240 e. The molecule has 88 valence electrons. The minimum absolute atomic E-state index is 0.0371. The largest absolute Gasteiger partial charge is 0.273 e. The Balaban J connectivity index is 2.54. The van der Waals surface area contributed by atoms with E-state index in [0.717, 1.165) is 14.4 Å². The average Bonchev–Trinajstić information content (AvgIpc) is 2.60. The molecule has 0 saturated heterocycles. The number of halogens is 1. The molecule has 1 heterocycles. The number of nitrogens with zero attached hydrogens (tertiary/aromatic N) is 1. The summed E-state index contributed by atoms with van der Waals surface area (Å²) in [5.41, 5.74) is 3.39. The zero-order chi connectivity index (χ0) is 12.1. The summed E-state index contributed by atoms with van der Waals surface area (Å²) < 4.78 is 1.06. The maximum Gasteiger partial charge on any atom is 0.240 e. The van der Waals surface area contributed by atoms with E-state index < -0.39 is 0 Å². The Labute approximate surface area is 108 Å². The lowest BCUT2D eigenvalue weighted by molar-refractivity contribution is -0.121. The van der Waals surface area contributed by atoms with Crippen LogP contribution in [0.5, 0.6) is 0 Å². The predicted molar refractivity (Wildman–Crippen MR) is 71.8 cm³/mol. The number of carbonyl (C=O) groups excluding carboxylic acids is 1. The van der Waals surface area contributed by atoms with Gasteiger partial charge >= 0.3 is 0 Å². The highest BCUT2D eigenvalue weighted by Crippen LogP contribution is 2.22. The van der Waals surface area contributed by atoms with Gasteiger partial charge in [0, 0.05) is 6.42 Å². The number of rotatable bonds is 4. The summed E-state index contributed by atoms with van der Waals surface area (Å²) in [6.07, 6.45) is 0.505. The fraction of sp³-hybridized carbons (Fsp3) is 0.455. The van der Waals surface area contributed by atoms with E-state index in [1.165, 1.54) is 0 Å². The zero-order valence-corrected chi connectivity index (χ0v) is 12.0. The summed E-state index contributed by atoms with van der Waals surface area (Å²) in [6, 6.07) is 3.94. The number of hydrogen-bond acceptors (Lipinski definition) is 3. The second kappa shape index (κ2) is 6.15. The van der Waals surface area contributed by atoms with Crippen molar-refractivity contribution in [1.82, 2.24) is 5.43 Å². The molecule has 1 rings (SSSR count). The van der Waals surface area contributed by atoms with Gasteiger partial charge in [-0.3, -0.25) is 4.79 Å². The molecular formula is C11H15BrN2OS. The summed E-state index contributed by atoms with van der Waals surface area (Å²) >= 11 is 4.99. The van der Waals surface area contributed by atoms with Gasteiger partial charge in [0.1, 0.15) is 0 Å². The van der Waals surface area contributed by atoms with Crippen LogP contribution in [-0.2, 0) is 4.79 Å². The number of hydrazone groups is 1. The van der Waals surface area contributed by atoms with Crippen LogP contribution < -0.4 is 5.43 Å². The molecule has 1 aromatic heterocycles. The van der Waals surface area contributed by atoms with Gasteiger partial charge in [-0.25, -0.2) is 5.43 Å². The van der Waals surface area contributed by atoms with Gasteiger partial charge in [0.25, 0.3) is 0 Å². The van der Waals surface area contributed by atoms with Crippen LogP contribution in [0.4, 0.5) is 0 Å². The Hall–Kier alpha value is -0.680.